The Hall–Kier alpha value is -3.85. The molecule has 0 bridgehead atoms. The molecule has 3 aromatic heterocycles. The molecule has 3 heterocycles. The van der Waals surface area contributed by atoms with E-state index in [9.17, 15) is 4.79 Å². The summed E-state index contributed by atoms with van der Waals surface area (Å²) < 4.78 is 8.14. The zero-order valence-electron chi connectivity index (χ0n) is 14.8. The number of halogens is 1. The molecule has 9 nitrogen and oxygen atoms in total. The number of benzene rings is 2. The molecule has 5 rings (SSSR count). The Labute approximate surface area is 168 Å². The lowest BCUT2D eigenvalue weighted by Crippen LogP contribution is -2.21. The van der Waals surface area contributed by atoms with Gasteiger partial charge in [0, 0.05) is 10.6 Å². The van der Waals surface area contributed by atoms with Crippen LogP contribution in [0.25, 0.3) is 28.2 Å². The van der Waals surface area contributed by atoms with E-state index in [1.165, 1.54) is 15.6 Å². The summed E-state index contributed by atoms with van der Waals surface area (Å²) in [5, 5.41) is 12.6. The minimum atomic E-state index is -0.348. The Bertz CT molecular complexity index is 1370. The first-order valence-electron chi connectivity index (χ1n) is 8.64. The Kier molecular flexibility index (Phi) is 4.14. The van der Waals surface area contributed by atoms with Gasteiger partial charge in [-0.05, 0) is 24.3 Å². The smallest absolute Gasteiger partial charge is 0.284 e. The van der Waals surface area contributed by atoms with E-state index in [1.54, 1.807) is 18.2 Å². The van der Waals surface area contributed by atoms with Crippen LogP contribution in [0.1, 0.15) is 5.89 Å². The number of para-hydroxylation sites is 1. The maximum absolute atomic E-state index is 12.8. The largest absolute Gasteiger partial charge is 0.337 e. The second-order valence-corrected chi connectivity index (χ2v) is 6.65. The fourth-order valence-electron chi connectivity index (χ4n) is 2.91. The van der Waals surface area contributed by atoms with Crippen molar-refractivity contribution < 1.29 is 4.52 Å². The predicted molar refractivity (Wildman–Crippen MR) is 105 cm³/mol. The molecule has 0 saturated heterocycles. The molecule has 0 saturated carbocycles. The van der Waals surface area contributed by atoms with Crippen molar-refractivity contribution in [2.45, 2.75) is 6.54 Å². The van der Waals surface area contributed by atoms with E-state index >= 15 is 0 Å². The van der Waals surface area contributed by atoms with Crippen LogP contribution in [0.2, 0.25) is 5.02 Å². The monoisotopic (exact) mass is 405 g/mol. The van der Waals surface area contributed by atoms with Crippen molar-refractivity contribution in [3.8, 4) is 17.1 Å². The van der Waals surface area contributed by atoms with E-state index in [1.807, 2.05) is 36.4 Å². The van der Waals surface area contributed by atoms with Crippen molar-refractivity contribution >= 4 is 22.8 Å². The predicted octanol–water partition coefficient (Wildman–Crippen LogP) is 2.73. The van der Waals surface area contributed by atoms with Gasteiger partial charge in [0.2, 0.25) is 11.7 Å². The van der Waals surface area contributed by atoms with Gasteiger partial charge in [0.25, 0.3) is 5.56 Å². The number of fused-ring (bicyclic) bond motifs is 1. The first-order valence-corrected chi connectivity index (χ1v) is 9.01. The molecule has 142 valence electrons. The van der Waals surface area contributed by atoms with Gasteiger partial charge in [-0.25, -0.2) is 4.98 Å². The minimum absolute atomic E-state index is 0.0630. The second-order valence-electron chi connectivity index (χ2n) is 6.21. The number of hydrogen-bond donors (Lipinski definition) is 0. The first kappa shape index (κ1) is 17.3. The van der Waals surface area contributed by atoms with Crippen molar-refractivity contribution in [3.05, 3.63) is 82.2 Å². The lowest BCUT2D eigenvalue weighted by molar-refractivity contribution is 0.369. The highest BCUT2D eigenvalue weighted by Gasteiger charge is 2.15. The van der Waals surface area contributed by atoms with E-state index in [4.69, 9.17) is 16.1 Å². The quantitative estimate of drug-likeness (QED) is 0.452. The van der Waals surface area contributed by atoms with Gasteiger partial charge in [0.05, 0.1) is 5.69 Å². The van der Waals surface area contributed by atoms with Crippen molar-refractivity contribution in [3.63, 3.8) is 0 Å². The fourth-order valence-corrected chi connectivity index (χ4v) is 3.10. The van der Waals surface area contributed by atoms with Gasteiger partial charge in [-0.2, -0.15) is 9.67 Å². The summed E-state index contributed by atoms with van der Waals surface area (Å²) in [6.07, 6.45) is 1.41. The molecule has 0 aliphatic heterocycles. The van der Waals surface area contributed by atoms with Crippen LogP contribution in [0.3, 0.4) is 0 Å². The molecule has 2 aromatic carbocycles. The number of rotatable bonds is 4. The van der Waals surface area contributed by atoms with Gasteiger partial charge in [-0.1, -0.05) is 52.3 Å². The minimum Gasteiger partial charge on any atom is -0.337 e. The van der Waals surface area contributed by atoms with E-state index < -0.39 is 0 Å². The van der Waals surface area contributed by atoms with Crippen LogP contribution in [-0.4, -0.2) is 34.7 Å². The van der Waals surface area contributed by atoms with Crippen LogP contribution in [-0.2, 0) is 6.54 Å². The zero-order chi connectivity index (χ0) is 19.8. The standard InChI is InChI=1S/C19H12ClN7O2/c20-13-6-4-5-12(9-13)17-22-15(29-24-17)10-26-11-21-18-16(19(26)28)23-25-27(18)14-7-2-1-3-8-14/h1-9,11H,10H2. The lowest BCUT2D eigenvalue weighted by Gasteiger charge is -2.02. The van der Waals surface area contributed by atoms with Gasteiger partial charge in [0.1, 0.15) is 12.9 Å². The maximum Gasteiger partial charge on any atom is 0.284 e. The molecule has 0 fully saturated rings. The van der Waals surface area contributed by atoms with Crippen molar-refractivity contribution in [2.24, 2.45) is 0 Å². The number of hydrogen-bond acceptors (Lipinski definition) is 7. The third kappa shape index (κ3) is 3.17. The Morgan fingerprint density at radius 3 is 2.76 bits per heavy atom. The van der Waals surface area contributed by atoms with Gasteiger partial charge < -0.3 is 4.52 Å². The van der Waals surface area contributed by atoms with Crippen LogP contribution < -0.4 is 5.56 Å². The van der Waals surface area contributed by atoms with Crippen LogP contribution in [0.5, 0.6) is 0 Å². The third-order valence-electron chi connectivity index (χ3n) is 4.29. The molecular weight excluding hydrogens is 394 g/mol. The molecule has 0 atom stereocenters. The Morgan fingerprint density at radius 1 is 1.07 bits per heavy atom. The molecular formula is C19H12ClN7O2. The van der Waals surface area contributed by atoms with Crippen LogP contribution in [0, 0.1) is 0 Å². The number of nitrogens with zero attached hydrogens (tertiary/aromatic N) is 7. The normalized spacial score (nSPS) is 11.2. The molecule has 0 aliphatic carbocycles. The highest BCUT2D eigenvalue weighted by atomic mass is 35.5. The Morgan fingerprint density at radius 2 is 1.93 bits per heavy atom. The molecule has 0 spiro atoms. The average Bonchev–Trinajstić information content (AvgIpc) is 3.38. The Balaban J connectivity index is 1.48. The zero-order valence-corrected chi connectivity index (χ0v) is 15.6. The highest BCUT2D eigenvalue weighted by Crippen LogP contribution is 2.20. The molecule has 10 heteroatoms. The van der Waals surface area contributed by atoms with Gasteiger partial charge in [-0.3, -0.25) is 9.36 Å². The molecule has 29 heavy (non-hydrogen) atoms. The lowest BCUT2D eigenvalue weighted by atomic mass is 10.2. The molecule has 0 N–H and O–H groups in total. The summed E-state index contributed by atoms with van der Waals surface area (Å²) in [6.45, 7) is 0.0630. The third-order valence-corrected chi connectivity index (χ3v) is 4.52. The van der Waals surface area contributed by atoms with Crippen molar-refractivity contribution in [2.75, 3.05) is 0 Å². The van der Waals surface area contributed by atoms with Gasteiger partial charge in [0.15, 0.2) is 11.2 Å². The topological polar surface area (TPSA) is 105 Å². The summed E-state index contributed by atoms with van der Waals surface area (Å²) in [5.74, 6) is 0.651. The molecule has 0 unspecified atom stereocenters. The van der Waals surface area contributed by atoms with Crippen LogP contribution in [0.4, 0.5) is 0 Å². The molecule has 5 aromatic rings. The number of aromatic nitrogens is 7. The van der Waals surface area contributed by atoms with E-state index in [-0.39, 0.29) is 23.5 Å². The summed E-state index contributed by atoms with van der Waals surface area (Å²) in [7, 11) is 0. The van der Waals surface area contributed by atoms with Crippen LogP contribution >= 0.6 is 11.6 Å². The van der Waals surface area contributed by atoms with E-state index in [0.717, 1.165) is 11.3 Å². The second kappa shape index (κ2) is 6.95. The van der Waals surface area contributed by atoms with Crippen molar-refractivity contribution in [1.82, 2.24) is 34.7 Å². The van der Waals surface area contributed by atoms with E-state index in [2.05, 4.69) is 25.4 Å². The summed E-state index contributed by atoms with van der Waals surface area (Å²) in [4.78, 5) is 21.5. The fraction of sp³-hybridized carbons (Fsp3) is 0.0526. The molecule has 0 amide bonds. The van der Waals surface area contributed by atoms with E-state index in [0.29, 0.717) is 16.5 Å². The SMILES string of the molecule is O=c1c2nnn(-c3ccccc3)c2ncn1Cc1nc(-c2cccc(Cl)c2)no1. The molecule has 0 aliphatic rings. The van der Waals surface area contributed by atoms with Crippen molar-refractivity contribution in [1.29, 1.82) is 0 Å². The van der Waals surface area contributed by atoms with Gasteiger partial charge in [-0.15, -0.1) is 5.10 Å². The first-order chi connectivity index (χ1) is 14.2. The highest BCUT2D eigenvalue weighted by molar-refractivity contribution is 6.30. The summed E-state index contributed by atoms with van der Waals surface area (Å²) in [5.41, 5.74) is 1.68. The summed E-state index contributed by atoms with van der Waals surface area (Å²) >= 11 is 6.00. The summed E-state index contributed by atoms with van der Waals surface area (Å²) in [6, 6.07) is 16.5. The molecule has 0 radical (unpaired) electrons. The average molecular weight is 406 g/mol. The maximum atomic E-state index is 12.8. The van der Waals surface area contributed by atoms with Crippen LogP contribution in [0.15, 0.2) is 70.2 Å². The van der Waals surface area contributed by atoms with Gasteiger partial charge >= 0.3 is 0 Å².